The van der Waals surface area contributed by atoms with Crippen LogP contribution in [0.2, 0.25) is 0 Å². The van der Waals surface area contributed by atoms with E-state index < -0.39 is 5.60 Å². The molecule has 1 aromatic rings. The van der Waals surface area contributed by atoms with E-state index in [1.807, 2.05) is 13.8 Å². The molecule has 0 radical (unpaired) electrons. The van der Waals surface area contributed by atoms with Gasteiger partial charge in [0.1, 0.15) is 0 Å². The molecule has 2 unspecified atom stereocenters. The predicted octanol–water partition coefficient (Wildman–Crippen LogP) is 2.77. The van der Waals surface area contributed by atoms with E-state index in [4.69, 9.17) is 0 Å². The standard InChI is InChI=1S/C13H23NOS/c1-5-13(3,15)10-14(4)11(2)9-12-7-6-8-16-12/h6-8,11,15H,5,9-10H2,1-4H3. The molecule has 0 saturated heterocycles. The summed E-state index contributed by atoms with van der Waals surface area (Å²) in [6, 6.07) is 4.73. The number of hydrogen-bond donors (Lipinski definition) is 1. The summed E-state index contributed by atoms with van der Waals surface area (Å²) in [5, 5.41) is 12.1. The molecule has 2 atom stereocenters. The van der Waals surface area contributed by atoms with E-state index >= 15 is 0 Å². The maximum Gasteiger partial charge on any atom is 0.0743 e. The van der Waals surface area contributed by atoms with Crippen LogP contribution in [0, 0.1) is 0 Å². The first kappa shape index (κ1) is 13.7. The number of nitrogens with zero attached hydrogens (tertiary/aromatic N) is 1. The molecule has 92 valence electrons. The normalized spacial score (nSPS) is 17.4. The average molecular weight is 241 g/mol. The zero-order chi connectivity index (χ0) is 12.2. The molecule has 1 heterocycles. The van der Waals surface area contributed by atoms with E-state index in [0.29, 0.717) is 6.04 Å². The molecule has 0 aromatic carbocycles. The van der Waals surface area contributed by atoms with E-state index in [9.17, 15) is 5.11 Å². The average Bonchev–Trinajstić information content (AvgIpc) is 2.69. The van der Waals surface area contributed by atoms with Crippen molar-refractivity contribution in [2.24, 2.45) is 0 Å². The molecule has 0 amide bonds. The van der Waals surface area contributed by atoms with Crippen molar-refractivity contribution in [1.82, 2.24) is 4.90 Å². The highest BCUT2D eigenvalue weighted by atomic mass is 32.1. The Hall–Kier alpha value is -0.380. The van der Waals surface area contributed by atoms with Crippen LogP contribution in [0.4, 0.5) is 0 Å². The van der Waals surface area contributed by atoms with E-state index in [0.717, 1.165) is 19.4 Å². The number of thiophene rings is 1. The Morgan fingerprint density at radius 1 is 1.56 bits per heavy atom. The maximum absolute atomic E-state index is 10.0. The molecule has 3 heteroatoms. The maximum atomic E-state index is 10.0. The van der Waals surface area contributed by atoms with Crippen molar-refractivity contribution in [3.63, 3.8) is 0 Å². The molecule has 1 rings (SSSR count). The molecule has 0 aliphatic rings. The summed E-state index contributed by atoms with van der Waals surface area (Å²) < 4.78 is 0. The molecule has 0 fully saturated rings. The lowest BCUT2D eigenvalue weighted by Crippen LogP contribution is -2.43. The Morgan fingerprint density at radius 3 is 2.75 bits per heavy atom. The van der Waals surface area contributed by atoms with Crippen molar-refractivity contribution in [3.05, 3.63) is 22.4 Å². The highest BCUT2D eigenvalue weighted by Crippen LogP contribution is 2.16. The molecule has 0 saturated carbocycles. The number of aliphatic hydroxyl groups is 1. The lowest BCUT2D eigenvalue weighted by atomic mass is 10.0. The molecule has 0 aliphatic heterocycles. The first-order valence-electron chi connectivity index (χ1n) is 5.89. The highest BCUT2D eigenvalue weighted by molar-refractivity contribution is 7.09. The van der Waals surface area contributed by atoms with Gasteiger partial charge >= 0.3 is 0 Å². The van der Waals surface area contributed by atoms with E-state index in [1.54, 1.807) is 11.3 Å². The quantitative estimate of drug-likeness (QED) is 0.828. The van der Waals surface area contributed by atoms with Gasteiger partial charge in [0.25, 0.3) is 0 Å². The molecule has 0 aliphatic carbocycles. The second-order valence-corrected chi connectivity index (χ2v) is 5.93. The lowest BCUT2D eigenvalue weighted by Gasteiger charge is -2.32. The molecular formula is C13H23NOS. The van der Waals surface area contributed by atoms with Crippen LogP contribution in [0.1, 0.15) is 32.1 Å². The third-order valence-corrected chi connectivity index (χ3v) is 4.08. The van der Waals surface area contributed by atoms with Crippen LogP contribution < -0.4 is 0 Å². The second kappa shape index (κ2) is 5.80. The van der Waals surface area contributed by atoms with Gasteiger partial charge in [0.2, 0.25) is 0 Å². The summed E-state index contributed by atoms with van der Waals surface area (Å²) in [6.07, 6.45) is 1.86. The van der Waals surface area contributed by atoms with Gasteiger partial charge in [0.15, 0.2) is 0 Å². The minimum absolute atomic E-state index is 0.469. The topological polar surface area (TPSA) is 23.5 Å². The van der Waals surface area contributed by atoms with E-state index in [1.165, 1.54) is 4.88 Å². The van der Waals surface area contributed by atoms with Gasteiger partial charge in [-0.25, -0.2) is 0 Å². The minimum atomic E-state index is -0.571. The Balaban J connectivity index is 2.45. The SMILES string of the molecule is CCC(C)(O)CN(C)C(C)Cc1cccs1. The Kier molecular flexibility index (Phi) is 4.96. The van der Waals surface area contributed by atoms with Crippen molar-refractivity contribution >= 4 is 11.3 Å². The zero-order valence-electron chi connectivity index (χ0n) is 10.7. The van der Waals surface area contributed by atoms with Crippen LogP contribution in [-0.4, -0.2) is 35.2 Å². The van der Waals surface area contributed by atoms with Gasteiger partial charge in [0, 0.05) is 17.5 Å². The number of rotatable bonds is 6. The van der Waals surface area contributed by atoms with Gasteiger partial charge in [-0.05, 0) is 45.2 Å². The van der Waals surface area contributed by atoms with Crippen LogP contribution in [0.25, 0.3) is 0 Å². The van der Waals surface area contributed by atoms with Gasteiger partial charge in [-0.15, -0.1) is 11.3 Å². The summed E-state index contributed by atoms with van der Waals surface area (Å²) in [4.78, 5) is 3.65. The summed E-state index contributed by atoms with van der Waals surface area (Å²) in [7, 11) is 2.09. The Labute approximate surface area is 103 Å². The highest BCUT2D eigenvalue weighted by Gasteiger charge is 2.22. The summed E-state index contributed by atoms with van der Waals surface area (Å²) in [5.41, 5.74) is -0.571. The first-order valence-corrected chi connectivity index (χ1v) is 6.77. The van der Waals surface area contributed by atoms with Crippen molar-refractivity contribution in [3.8, 4) is 0 Å². The molecule has 0 bridgehead atoms. The Morgan fingerprint density at radius 2 is 2.25 bits per heavy atom. The summed E-state index contributed by atoms with van der Waals surface area (Å²) in [6.45, 7) is 6.88. The van der Waals surface area contributed by atoms with Gasteiger partial charge in [-0.1, -0.05) is 13.0 Å². The van der Waals surface area contributed by atoms with E-state index in [2.05, 4.69) is 36.4 Å². The fraction of sp³-hybridized carbons (Fsp3) is 0.692. The van der Waals surface area contributed by atoms with Crippen LogP contribution >= 0.6 is 11.3 Å². The number of likely N-dealkylation sites (N-methyl/N-ethyl adjacent to an activating group) is 1. The van der Waals surface area contributed by atoms with Gasteiger partial charge in [-0.2, -0.15) is 0 Å². The van der Waals surface area contributed by atoms with E-state index in [-0.39, 0.29) is 0 Å². The molecule has 1 N–H and O–H groups in total. The predicted molar refractivity (Wildman–Crippen MR) is 71.0 cm³/mol. The van der Waals surface area contributed by atoms with Crippen LogP contribution in [0.3, 0.4) is 0 Å². The van der Waals surface area contributed by atoms with Crippen LogP contribution in [0.15, 0.2) is 17.5 Å². The summed E-state index contributed by atoms with van der Waals surface area (Å²) >= 11 is 1.80. The molecule has 2 nitrogen and oxygen atoms in total. The third-order valence-electron chi connectivity index (χ3n) is 3.18. The second-order valence-electron chi connectivity index (χ2n) is 4.90. The zero-order valence-corrected chi connectivity index (χ0v) is 11.5. The molecule has 1 aromatic heterocycles. The molecule has 16 heavy (non-hydrogen) atoms. The number of hydrogen-bond acceptors (Lipinski definition) is 3. The fourth-order valence-corrected chi connectivity index (χ4v) is 2.51. The largest absolute Gasteiger partial charge is 0.389 e. The molecular weight excluding hydrogens is 218 g/mol. The van der Waals surface area contributed by atoms with Crippen molar-refractivity contribution in [2.75, 3.05) is 13.6 Å². The van der Waals surface area contributed by atoms with Crippen molar-refractivity contribution in [1.29, 1.82) is 0 Å². The van der Waals surface area contributed by atoms with Gasteiger partial charge in [0.05, 0.1) is 5.60 Å². The van der Waals surface area contributed by atoms with Gasteiger partial charge < -0.3 is 10.0 Å². The van der Waals surface area contributed by atoms with Gasteiger partial charge in [-0.3, -0.25) is 0 Å². The monoisotopic (exact) mass is 241 g/mol. The first-order chi connectivity index (χ1) is 7.44. The van der Waals surface area contributed by atoms with Crippen LogP contribution in [0.5, 0.6) is 0 Å². The lowest BCUT2D eigenvalue weighted by molar-refractivity contribution is 0.0142. The fourth-order valence-electron chi connectivity index (χ4n) is 1.68. The van der Waals surface area contributed by atoms with Crippen molar-refractivity contribution in [2.45, 2.75) is 45.3 Å². The summed E-state index contributed by atoms with van der Waals surface area (Å²) in [5.74, 6) is 0. The molecule has 0 spiro atoms. The van der Waals surface area contributed by atoms with Crippen LogP contribution in [-0.2, 0) is 6.42 Å². The minimum Gasteiger partial charge on any atom is -0.389 e. The Bertz CT molecular complexity index is 295. The third kappa shape index (κ3) is 4.24. The van der Waals surface area contributed by atoms with Crippen molar-refractivity contribution < 1.29 is 5.11 Å². The smallest absolute Gasteiger partial charge is 0.0743 e.